The normalized spacial score (nSPS) is 16.9. The van der Waals surface area contributed by atoms with Crippen LogP contribution in [0.15, 0.2) is 54.7 Å². The summed E-state index contributed by atoms with van der Waals surface area (Å²) in [6, 6.07) is 16.2. The number of rotatable bonds is 6. The summed E-state index contributed by atoms with van der Waals surface area (Å²) in [4.78, 5) is 42.3. The number of carbonyl (C=O) groups excluding carboxylic acids is 2. The first kappa shape index (κ1) is 23.0. The molecule has 1 aromatic heterocycles. The molecule has 2 N–H and O–H groups in total. The van der Waals surface area contributed by atoms with Crippen LogP contribution in [0.3, 0.4) is 0 Å². The second-order valence-electron chi connectivity index (χ2n) is 8.25. The lowest BCUT2D eigenvalue weighted by molar-refractivity contribution is -0.154. The van der Waals surface area contributed by atoms with Gasteiger partial charge in [0.1, 0.15) is 16.5 Å². The molecule has 2 aromatic carbocycles. The molecule has 2 amide bonds. The van der Waals surface area contributed by atoms with Crippen LogP contribution in [-0.2, 0) is 20.8 Å². The van der Waals surface area contributed by atoms with Crippen molar-refractivity contribution in [1.82, 2.24) is 15.2 Å². The lowest BCUT2D eigenvalue weighted by Crippen LogP contribution is -2.48. The molecular weight excluding hydrogens is 470 g/mol. The van der Waals surface area contributed by atoms with E-state index in [9.17, 15) is 14.4 Å². The molecule has 2 aliphatic rings. The lowest BCUT2D eigenvalue weighted by atomic mass is 9.98. The highest BCUT2D eigenvalue weighted by Crippen LogP contribution is 2.44. The van der Waals surface area contributed by atoms with Crippen LogP contribution in [0.1, 0.15) is 31.7 Å². The zero-order valence-corrected chi connectivity index (χ0v) is 19.5. The van der Waals surface area contributed by atoms with E-state index in [0.29, 0.717) is 16.4 Å². The van der Waals surface area contributed by atoms with Crippen molar-refractivity contribution in [2.75, 3.05) is 26.3 Å². The predicted octanol–water partition coefficient (Wildman–Crippen LogP) is 3.11. The van der Waals surface area contributed by atoms with Gasteiger partial charge in [-0.1, -0.05) is 48.5 Å². The highest BCUT2D eigenvalue weighted by Gasteiger charge is 2.31. The van der Waals surface area contributed by atoms with Gasteiger partial charge in [-0.25, -0.2) is 14.6 Å². The minimum Gasteiger partial charge on any atom is -0.479 e. The van der Waals surface area contributed by atoms with Crippen LogP contribution in [0.25, 0.3) is 11.1 Å². The van der Waals surface area contributed by atoms with Crippen molar-refractivity contribution < 1.29 is 29.0 Å². The smallest absolute Gasteiger partial charge is 0.407 e. The number of nitrogens with one attached hydrogen (secondary N) is 1. The fraction of sp³-hybridized carbons (Fsp3) is 0.280. The Labute approximate surface area is 205 Å². The largest absolute Gasteiger partial charge is 0.479 e. The molecule has 1 fully saturated rings. The summed E-state index contributed by atoms with van der Waals surface area (Å²) in [5.74, 6) is -1.43. The highest BCUT2D eigenvalue weighted by atomic mass is 32.1. The van der Waals surface area contributed by atoms with Gasteiger partial charge in [-0.05, 0) is 22.3 Å². The number of benzene rings is 2. The summed E-state index contributed by atoms with van der Waals surface area (Å²) in [5.41, 5.74) is 4.59. The molecule has 1 aliphatic heterocycles. The zero-order valence-electron chi connectivity index (χ0n) is 18.7. The average molecular weight is 494 g/mol. The van der Waals surface area contributed by atoms with Crippen LogP contribution < -0.4 is 5.32 Å². The third-order valence-corrected chi connectivity index (χ3v) is 7.11. The number of aromatic nitrogens is 1. The van der Waals surface area contributed by atoms with Crippen molar-refractivity contribution in [3.63, 3.8) is 0 Å². The van der Waals surface area contributed by atoms with E-state index in [4.69, 9.17) is 14.6 Å². The van der Waals surface area contributed by atoms with E-state index in [1.165, 1.54) is 11.1 Å². The van der Waals surface area contributed by atoms with Gasteiger partial charge < -0.3 is 24.8 Å². The van der Waals surface area contributed by atoms with Gasteiger partial charge in [-0.15, -0.1) is 11.3 Å². The molecule has 1 saturated heterocycles. The van der Waals surface area contributed by atoms with Crippen molar-refractivity contribution in [2.24, 2.45) is 0 Å². The minimum atomic E-state index is -1.10. The molecule has 1 aliphatic carbocycles. The van der Waals surface area contributed by atoms with Gasteiger partial charge in [0.15, 0.2) is 6.10 Å². The number of hydrogen-bond donors (Lipinski definition) is 2. The van der Waals surface area contributed by atoms with E-state index in [2.05, 4.69) is 34.6 Å². The maximum absolute atomic E-state index is 12.7. The van der Waals surface area contributed by atoms with E-state index in [0.717, 1.165) is 33.6 Å². The van der Waals surface area contributed by atoms with Crippen LogP contribution in [0.5, 0.6) is 0 Å². The van der Waals surface area contributed by atoms with Crippen molar-refractivity contribution in [1.29, 1.82) is 0 Å². The van der Waals surface area contributed by atoms with Gasteiger partial charge in [-0.3, -0.25) is 4.79 Å². The lowest BCUT2D eigenvalue weighted by Gasteiger charge is -2.30. The number of aliphatic carboxylic acids is 1. The van der Waals surface area contributed by atoms with E-state index in [1.807, 2.05) is 24.3 Å². The number of fused-ring (bicyclic) bond motifs is 3. The first-order valence-electron chi connectivity index (χ1n) is 11.2. The Bertz CT molecular complexity index is 1230. The Kier molecular flexibility index (Phi) is 6.47. The Morgan fingerprint density at radius 2 is 1.80 bits per heavy atom. The molecule has 0 saturated carbocycles. The Balaban J connectivity index is 1.15. The molecule has 35 heavy (non-hydrogen) atoms. The molecule has 10 heteroatoms. The fourth-order valence-electron chi connectivity index (χ4n) is 4.43. The van der Waals surface area contributed by atoms with Crippen molar-refractivity contribution in [3.05, 3.63) is 75.7 Å². The Morgan fingerprint density at radius 1 is 1.11 bits per heavy atom. The number of carbonyl (C=O) groups is 3. The van der Waals surface area contributed by atoms with Gasteiger partial charge in [0.2, 0.25) is 0 Å². The molecule has 5 rings (SSSR count). The summed E-state index contributed by atoms with van der Waals surface area (Å²) >= 11 is 1.15. The second-order valence-corrected chi connectivity index (χ2v) is 9.36. The second kappa shape index (κ2) is 9.85. The average Bonchev–Trinajstić information content (AvgIpc) is 3.49. The molecule has 180 valence electrons. The molecule has 9 nitrogen and oxygen atoms in total. The molecule has 0 bridgehead atoms. The van der Waals surface area contributed by atoms with E-state index < -0.39 is 18.2 Å². The minimum absolute atomic E-state index is 0.0145. The molecule has 1 unspecified atom stereocenters. The van der Waals surface area contributed by atoms with Crippen LogP contribution >= 0.6 is 11.3 Å². The number of morpholine rings is 1. The van der Waals surface area contributed by atoms with Crippen molar-refractivity contribution >= 4 is 29.3 Å². The van der Waals surface area contributed by atoms with Gasteiger partial charge >= 0.3 is 12.1 Å². The topological polar surface area (TPSA) is 118 Å². The third-order valence-electron chi connectivity index (χ3n) is 6.12. The number of alkyl carbamates (subject to hydrolysis) is 1. The molecular formula is C25H23N3O6S. The Morgan fingerprint density at radius 3 is 2.49 bits per heavy atom. The molecule has 3 aromatic rings. The van der Waals surface area contributed by atoms with Gasteiger partial charge in [-0.2, -0.15) is 0 Å². The van der Waals surface area contributed by atoms with Gasteiger partial charge in [0.25, 0.3) is 5.91 Å². The predicted molar refractivity (Wildman–Crippen MR) is 127 cm³/mol. The van der Waals surface area contributed by atoms with Crippen LogP contribution in [0.4, 0.5) is 4.79 Å². The van der Waals surface area contributed by atoms with Crippen molar-refractivity contribution in [3.8, 4) is 11.1 Å². The Hall–Kier alpha value is -3.76. The summed E-state index contributed by atoms with van der Waals surface area (Å²) in [5, 5.41) is 12.4. The molecule has 1 atom stereocenters. The number of hydrogen-bond acceptors (Lipinski definition) is 7. The first-order valence-corrected chi connectivity index (χ1v) is 12.0. The maximum atomic E-state index is 12.7. The summed E-state index contributed by atoms with van der Waals surface area (Å²) in [6.07, 6.45) is -0.157. The SMILES string of the molecule is O=C(NCc1ncc(C(=O)N2CCOC(C(=O)O)C2)s1)OCC1c2ccccc2-c2ccccc21. The zero-order chi connectivity index (χ0) is 24.4. The van der Waals surface area contributed by atoms with Gasteiger partial charge in [0, 0.05) is 12.5 Å². The number of amides is 2. The standard InChI is InChI=1S/C25H23N3O6S/c29-23(28-9-10-33-20(13-28)24(30)31)21-11-26-22(35-21)12-27-25(32)34-14-19-17-7-3-1-5-15(17)16-6-2-4-8-18(16)19/h1-8,11,19-20H,9-10,12-14H2,(H,27,32)(H,30,31). The van der Waals surface area contributed by atoms with Crippen LogP contribution in [-0.4, -0.2) is 65.4 Å². The number of ether oxygens (including phenoxy) is 2. The number of nitrogens with zero attached hydrogens (tertiary/aromatic N) is 2. The fourth-order valence-corrected chi connectivity index (χ4v) is 5.25. The van der Waals surface area contributed by atoms with Crippen LogP contribution in [0, 0.1) is 0 Å². The first-order chi connectivity index (χ1) is 17.0. The molecule has 0 spiro atoms. The van der Waals surface area contributed by atoms with E-state index >= 15 is 0 Å². The summed E-state index contributed by atoms with van der Waals surface area (Å²) in [6.45, 7) is 0.795. The maximum Gasteiger partial charge on any atom is 0.407 e. The highest BCUT2D eigenvalue weighted by molar-refractivity contribution is 7.13. The van der Waals surface area contributed by atoms with Crippen molar-refractivity contribution in [2.45, 2.75) is 18.6 Å². The number of carboxylic acids is 1. The third kappa shape index (κ3) is 4.75. The quantitative estimate of drug-likeness (QED) is 0.542. The van der Waals surface area contributed by atoms with Crippen LogP contribution in [0.2, 0.25) is 0 Å². The van der Waals surface area contributed by atoms with E-state index in [1.54, 1.807) is 0 Å². The summed E-state index contributed by atoms with van der Waals surface area (Å²) < 4.78 is 10.7. The van der Waals surface area contributed by atoms with E-state index in [-0.39, 0.29) is 38.1 Å². The van der Waals surface area contributed by atoms with Gasteiger partial charge in [0.05, 0.1) is 25.9 Å². The summed E-state index contributed by atoms with van der Waals surface area (Å²) in [7, 11) is 0. The number of thiazole rings is 1. The monoisotopic (exact) mass is 493 g/mol. The molecule has 0 radical (unpaired) electrons. The molecule has 2 heterocycles. The number of carboxylic acid groups (broad SMARTS) is 1.